The molecular weight excluding hydrogens is 254 g/mol. The van der Waals surface area contributed by atoms with Crippen LogP contribution in [0.15, 0.2) is 18.3 Å². The predicted octanol–water partition coefficient (Wildman–Crippen LogP) is 1.98. The first-order valence-electron chi connectivity index (χ1n) is 7.31. The Morgan fingerprint density at radius 1 is 1.15 bits per heavy atom. The van der Waals surface area contributed by atoms with Crippen molar-refractivity contribution in [3.05, 3.63) is 23.9 Å². The van der Waals surface area contributed by atoms with Gasteiger partial charge in [-0.3, -0.25) is 0 Å². The molecular formula is C15H27N3O2. The minimum absolute atomic E-state index is 0.0110. The van der Waals surface area contributed by atoms with E-state index in [1.54, 1.807) is 0 Å². The summed E-state index contributed by atoms with van der Waals surface area (Å²) in [7, 11) is 0. The molecule has 114 valence electrons. The zero-order chi connectivity index (χ0) is 14.8. The second kappa shape index (κ2) is 9.69. The molecule has 0 aliphatic carbocycles. The Kier molecular flexibility index (Phi) is 8.18. The van der Waals surface area contributed by atoms with E-state index in [9.17, 15) is 0 Å². The van der Waals surface area contributed by atoms with Crippen LogP contribution >= 0.6 is 0 Å². The fourth-order valence-electron chi connectivity index (χ4n) is 1.83. The van der Waals surface area contributed by atoms with Crippen LogP contribution in [0, 0.1) is 0 Å². The van der Waals surface area contributed by atoms with Crippen LogP contribution in [0.1, 0.15) is 32.4 Å². The van der Waals surface area contributed by atoms with Gasteiger partial charge in [0.15, 0.2) is 0 Å². The van der Waals surface area contributed by atoms with Crippen LogP contribution in [-0.2, 0) is 9.47 Å². The van der Waals surface area contributed by atoms with Crippen molar-refractivity contribution in [2.24, 2.45) is 5.73 Å². The molecule has 0 amide bonds. The summed E-state index contributed by atoms with van der Waals surface area (Å²) in [6.07, 6.45) is 1.84. The highest BCUT2D eigenvalue weighted by atomic mass is 16.5. The third-order valence-corrected chi connectivity index (χ3v) is 3.04. The van der Waals surface area contributed by atoms with Crippen LogP contribution in [-0.4, -0.2) is 44.5 Å². The molecule has 0 saturated heterocycles. The maximum Gasteiger partial charge on any atom is 0.128 e. The molecule has 0 aromatic carbocycles. The van der Waals surface area contributed by atoms with Crippen molar-refractivity contribution in [2.75, 3.05) is 44.4 Å². The SMILES string of the molecule is CCOCCN(CCOCC)c1ccc([C@H](C)N)cn1. The normalized spacial score (nSPS) is 12.4. The minimum Gasteiger partial charge on any atom is -0.380 e. The van der Waals surface area contributed by atoms with Crippen LogP contribution in [0.4, 0.5) is 5.82 Å². The van der Waals surface area contributed by atoms with Crippen LogP contribution < -0.4 is 10.6 Å². The van der Waals surface area contributed by atoms with Gasteiger partial charge < -0.3 is 20.1 Å². The lowest BCUT2D eigenvalue weighted by molar-refractivity contribution is 0.141. The predicted molar refractivity (Wildman–Crippen MR) is 82.0 cm³/mol. The average molecular weight is 281 g/mol. The molecule has 1 aromatic rings. The molecule has 0 bridgehead atoms. The largest absolute Gasteiger partial charge is 0.380 e. The number of pyridine rings is 1. The summed E-state index contributed by atoms with van der Waals surface area (Å²) in [6, 6.07) is 4.05. The van der Waals surface area contributed by atoms with E-state index in [0.29, 0.717) is 13.2 Å². The Labute approximate surface area is 122 Å². The Hall–Kier alpha value is -1.17. The van der Waals surface area contributed by atoms with Gasteiger partial charge in [-0.05, 0) is 32.4 Å². The van der Waals surface area contributed by atoms with E-state index in [1.165, 1.54) is 0 Å². The molecule has 0 saturated carbocycles. The maximum atomic E-state index is 5.84. The van der Waals surface area contributed by atoms with Crippen molar-refractivity contribution < 1.29 is 9.47 Å². The highest BCUT2D eigenvalue weighted by Crippen LogP contribution is 2.14. The summed E-state index contributed by atoms with van der Waals surface area (Å²) in [6.45, 7) is 10.4. The number of nitrogens with two attached hydrogens (primary N) is 1. The lowest BCUT2D eigenvalue weighted by Crippen LogP contribution is -2.31. The number of hydrogen-bond acceptors (Lipinski definition) is 5. The van der Waals surface area contributed by atoms with E-state index >= 15 is 0 Å². The maximum absolute atomic E-state index is 5.84. The summed E-state index contributed by atoms with van der Waals surface area (Å²) >= 11 is 0. The molecule has 0 spiro atoms. The highest BCUT2D eigenvalue weighted by Gasteiger charge is 2.08. The van der Waals surface area contributed by atoms with Crippen molar-refractivity contribution in [3.8, 4) is 0 Å². The van der Waals surface area contributed by atoms with Gasteiger partial charge in [-0.25, -0.2) is 4.98 Å². The second-order valence-electron chi connectivity index (χ2n) is 4.62. The Balaban J connectivity index is 2.64. The molecule has 1 heterocycles. The van der Waals surface area contributed by atoms with Crippen molar-refractivity contribution in [3.63, 3.8) is 0 Å². The molecule has 0 radical (unpaired) electrons. The van der Waals surface area contributed by atoms with Gasteiger partial charge in [-0.1, -0.05) is 6.07 Å². The van der Waals surface area contributed by atoms with Crippen LogP contribution in [0.25, 0.3) is 0 Å². The fourth-order valence-corrected chi connectivity index (χ4v) is 1.83. The minimum atomic E-state index is 0.0110. The molecule has 1 rings (SSSR count). The van der Waals surface area contributed by atoms with Gasteiger partial charge in [-0.15, -0.1) is 0 Å². The van der Waals surface area contributed by atoms with Crippen LogP contribution in [0.3, 0.4) is 0 Å². The highest BCUT2D eigenvalue weighted by molar-refractivity contribution is 5.39. The first kappa shape index (κ1) is 16.9. The van der Waals surface area contributed by atoms with Crippen molar-refractivity contribution in [2.45, 2.75) is 26.8 Å². The lowest BCUT2D eigenvalue weighted by Gasteiger charge is -2.23. The number of nitrogens with zero attached hydrogens (tertiary/aromatic N) is 2. The van der Waals surface area contributed by atoms with Gasteiger partial charge in [0.05, 0.1) is 13.2 Å². The van der Waals surface area contributed by atoms with Crippen LogP contribution in [0.5, 0.6) is 0 Å². The van der Waals surface area contributed by atoms with Gasteiger partial charge in [0.1, 0.15) is 5.82 Å². The molecule has 0 unspecified atom stereocenters. The lowest BCUT2D eigenvalue weighted by atomic mass is 10.1. The average Bonchev–Trinajstić information content (AvgIpc) is 2.46. The third kappa shape index (κ3) is 5.86. The van der Waals surface area contributed by atoms with Gasteiger partial charge in [0, 0.05) is 38.5 Å². The summed E-state index contributed by atoms with van der Waals surface area (Å²) in [5.41, 5.74) is 6.89. The number of anilines is 1. The summed E-state index contributed by atoms with van der Waals surface area (Å²) < 4.78 is 10.8. The monoisotopic (exact) mass is 281 g/mol. The molecule has 20 heavy (non-hydrogen) atoms. The molecule has 0 aliphatic rings. The van der Waals surface area contributed by atoms with Crippen LogP contribution in [0.2, 0.25) is 0 Å². The van der Waals surface area contributed by atoms with E-state index in [4.69, 9.17) is 15.2 Å². The van der Waals surface area contributed by atoms with Gasteiger partial charge >= 0.3 is 0 Å². The fraction of sp³-hybridized carbons (Fsp3) is 0.667. The Morgan fingerprint density at radius 3 is 2.15 bits per heavy atom. The molecule has 0 fully saturated rings. The number of hydrogen-bond donors (Lipinski definition) is 1. The summed E-state index contributed by atoms with van der Waals surface area (Å²) in [5, 5.41) is 0. The quantitative estimate of drug-likeness (QED) is 0.665. The Bertz CT molecular complexity index is 345. The van der Waals surface area contributed by atoms with Gasteiger partial charge in [0.2, 0.25) is 0 Å². The van der Waals surface area contributed by atoms with E-state index < -0.39 is 0 Å². The molecule has 5 heteroatoms. The molecule has 1 atom stereocenters. The molecule has 2 N–H and O–H groups in total. The van der Waals surface area contributed by atoms with Crippen molar-refractivity contribution in [1.82, 2.24) is 4.98 Å². The summed E-state index contributed by atoms with van der Waals surface area (Å²) in [5.74, 6) is 0.939. The van der Waals surface area contributed by atoms with E-state index in [-0.39, 0.29) is 6.04 Å². The van der Waals surface area contributed by atoms with Crippen molar-refractivity contribution >= 4 is 5.82 Å². The molecule has 1 aromatic heterocycles. The van der Waals surface area contributed by atoms with E-state index in [1.807, 2.05) is 39.1 Å². The van der Waals surface area contributed by atoms with E-state index in [2.05, 4.69) is 9.88 Å². The molecule has 0 aliphatic heterocycles. The Morgan fingerprint density at radius 2 is 1.75 bits per heavy atom. The summed E-state index contributed by atoms with van der Waals surface area (Å²) in [4.78, 5) is 6.67. The topological polar surface area (TPSA) is 60.6 Å². The van der Waals surface area contributed by atoms with Gasteiger partial charge in [0.25, 0.3) is 0 Å². The number of rotatable bonds is 10. The molecule has 5 nitrogen and oxygen atoms in total. The first-order valence-corrected chi connectivity index (χ1v) is 7.31. The van der Waals surface area contributed by atoms with E-state index in [0.717, 1.165) is 37.7 Å². The van der Waals surface area contributed by atoms with Gasteiger partial charge in [-0.2, -0.15) is 0 Å². The zero-order valence-corrected chi connectivity index (χ0v) is 12.8. The van der Waals surface area contributed by atoms with Crippen molar-refractivity contribution in [1.29, 1.82) is 0 Å². The first-order chi connectivity index (χ1) is 9.69. The smallest absolute Gasteiger partial charge is 0.128 e. The third-order valence-electron chi connectivity index (χ3n) is 3.04. The standard InChI is InChI=1S/C15H27N3O2/c1-4-19-10-8-18(9-11-20-5-2)15-7-6-14(12-17-15)13(3)16/h6-7,12-13H,4-5,8-11,16H2,1-3H3/t13-/m0/s1. The second-order valence-corrected chi connectivity index (χ2v) is 4.62. The number of ether oxygens (including phenoxy) is 2. The zero-order valence-electron chi connectivity index (χ0n) is 12.8. The number of aromatic nitrogens is 1.